The fraction of sp³-hybridized carbons (Fsp3) is 0.571. The molecule has 0 radical (unpaired) electrons. The summed E-state index contributed by atoms with van der Waals surface area (Å²) in [6, 6.07) is 8.68. The lowest BCUT2D eigenvalue weighted by Gasteiger charge is -2.22. The van der Waals surface area contributed by atoms with Crippen molar-refractivity contribution in [2.45, 2.75) is 33.2 Å². The van der Waals surface area contributed by atoms with Gasteiger partial charge in [-0.1, -0.05) is 53.5 Å². The molecule has 0 atom stereocenters. The van der Waals surface area contributed by atoms with Gasteiger partial charge in [0.1, 0.15) is 0 Å². The number of unbranched alkanes of at least 4 members (excludes halogenated alkanes) is 1. The van der Waals surface area contributed by atoms with Crippen LogP contribution >= 0.6 is 15.9 Å². The molecule has 1 aromatic rings. The lowest BCUT2D eigenvalue weighted by atomic mass is 10.1. The summed E-state index contributed by atoms with van der Waals surface area (Å²) in [6.45, 7) is 7.87. The molecule has 0 fully saturated rings. The molecule has 16 heavy (non-hydrogen) atoms. The highest BCUT2D eigenvalue weighted by Crippen LogP contribution is 2.11. The normalized spacial score (nSPS) is 11.0. The minimum Gasteiger partial charge on any atom is -0.298 e. The zero-order valence-electron chi connectivity index (χ0n) is 10.4. The maximum Gasteiger partial charge on any atom is 0.0236 e. The van der Waals surface area contributed by atoms with Gasteiger partial charge in [-0.3, -0.25) is 4.90 Å². The van der Waals surface area contributed by atoms with Crippen molar-refractivity contribution in [3.63, 3.8) is 0 Å². The van der Waals surface area contributed by atoms with Crippen LogP contribution in [0, 0.1) is 6.92 Å². The molecule has 0 aliphatic carbocycles. The maximum atomic E-state index is 3.53. The Morgan fingerprint density at radius 1 is 1.19 bits per heavy atom. The molecule has 0 amide bonds. The molecule has 0 aromatic heterocycles. The van der Waals surface area contributed by atoms with Crippen LogP contribution in [0.2, 0.25) is 0 Å². The zero-order chi connectivity index (χ0) is 11.8. The number of halogens is 1. The Morgan fingerprint density at radius 3 is 2.56 bits per heavy atom. The Morgan fingerprint density at radius 2 is 1.94 bits per heavy atom. The van der Waals surface area contributed by atoms with Crippen LogP contribution in [-0.2, 0) is 6.54 Å². The van der Waals surface area contributed by atoms with Crippen molar-refractivity contribution in [3.05, 3.63) is 35.4 Å². The second-order valence-corrected chi connectivity index (χ2v) is 5.04. The van der Waals surface area contributed by atoms with Gasteiger partial charge < -0.3 is 0 Å². The van der Waals surface area contributed by atoms with E-state index in [0.29, 0.717) is 0 Å². The molecule has 1 rings (SSSR count). The van der Waals surface area contributed by atoms with Gasteiger partial charge >= 0.3 is 0 Å². The first-order valence-corrected chi connectivity index (χ1v) is 7.23. The third kappa shape index (κ3) is 4.67. The molecule has 0 N–H and O–H groups in total. The van der Waals surface area contributed by atoms with Gasteiger partial charge in [0.05, 0.1) is 0 Å². The van der Waals surface area contributed by atoms with Gasteiger partial charge in [0.25, 0.3) is 0 Å². The molecule has 0 spiro atoms. The van der Waals surface area contributed by atoms with Crippen LogP contribution in [0.15, 0.2) is 24.3 Å². The van der Waals surface area contributed by atoms with Crippen molar-refractivity contribution < 1.29 is 0 Å². The van der Waals surface area contributed by atoms with Crippen molar-refractivity contribution >= 4 is 15.9 Å². The first kappa shape index (κ1) is 13.7. The largest absolute Gasteiger partial charge is 0.298 e. The molecule has 0 aliphatic rings. The number of alkyl halides is 1. The first-order chi connectivity index (χ1) is 7.77. The number of hydrogen-bond donors (Lipinski definition) is 0. The molecule has 2 heteroatoms. The molecule has 0 bridgehead atoms. The van der Waals surface area contributed by atoms with Crippen molar-refractivity contribution in [2.75, 3.05) is 18.4 Å². The average Bonchev–Trinajstić information content (AvgIpc) is 2.29. The van der Waals surface area contributed by atoms with E-state index in [2.05, 4.69) is 58.9 Å². The standard InChI is InChI=1S/C14H22BrN/c1-3-4-10-16(11-9-15)12-14-8-6-5-7-13(14)2/h5-8H,3-4,9-12H2,1-2H3. The minimum absolute atomic E-state index is 1.06. The van der Waals surface area contributed by atoms with Crippen LogP contribution in [0.5, 0.6) is 0 Å². The Balaban J connectivity index is 2.56. The second-order valence-electron chi connectivity index (χ2n) is 4.25. The second kappa shape index (κ2) is 7.86. The fourth-order valence-electron chi connectivity index (χ4n) is 1.80. The van der Waals surface area contributed by atoms with Crippen LogP contribution in [-0.4, -0.2) is 23.3 Å². The van der Waals surface area contributed by atoms with E-state index >= 15 is 0 Å². The van der Waals surface area contributed by atoms with E-state index in [0.717, 1.165) is 18.4 Å². The summed E-state index contributed by atoms with van der Waals surface area (Å²) in [5, 5.41) is 1.06. The molecule has 0 unspecified atom stereocenters. The highest BCUT2D eigenvalue weighted by molar-refractivity contribution is 9.09. The van der Waals surface area contributed by atoms with Crippen LogP contribution in [0.3, 0.4) is 0 Å². The third-order valence-corrected chi connectivity index (χ3v) is 3.24. The Bertz CT molecular complexity index is 299. The minimum atomic E-state index is 1.06. The summed E-state index contributed by atoms with van der Waals surface area (Å²) in [5.74, 6) is 0. The van der Waals surface area contributed by atoms with E-state index in [1.165, 1.54) is 30.5 Å². The predicted octanol–water partition coefficient (Wildman–Crippen LogP) is 3.99. The Hall–Kier alpha value is -0.340. The number of aryl methyl sites for hydroxylation is 1. The molecule has 0 aliphatic heterocycles. The fourth-order valence-corrected chi connectivity index (χ4v) is 2.30. The zero-order valence-corrected chi connectivity index (χ0v) is 12.0. The quantitative estimate of drug-likeness (QED) is 0.684. The molecular formula is C14H22BrN. The molecule has 1 aromatic carbocycles. The van der Waals surface area contributed by atoms with Crippen molar-refractivity contribution in [2.24, 2.45) is 0 Å². The smallest absolute Gasteiger partial charge is 0.0236 e. The molecule has 90 valence electrons. The van der Waals surface area contributed by atoms with Crippen LogP contribution < -0.4 is 0 Å². The van der Waals surface area contributed by atoms with Crippen LogP contribution in [0.25, 0.3) is 0 Å². The molecule has 0 saturated heterocycles. The molecule has 1 nitrogen and oxygen atoms in total. The van der Waals surface area contributed by atoms with E-state index in [1.807, 2.05) is 0 Å². The van der Waals surface area contributed by atoms with E-state index in [-0.39, 0.29) is 0 Å². The number of nitrogens with zero attached hydrogens (tertiary/aromatic N) is 1. The van der Waals surface area contributed by atoms with E-state index in [4.69, 9.17) is 0 Å². The number of rotatable bonds is 7. The van der Waals surface area contributed by atoms with E-state index < -0.39 is 0 Å². The summed E-state index contributed by atoms with van der Waals surface area (Å²) >= 11 is 3.53. The van der Waals surface area contributed by atoms with Gasteiger partial charge in [-0.2, -0.15) is 0 Å². The summed E-state index contributed by atoms with van der Waals surface area (Å²) in [6.07, 6.45) is 2.56. The SMILES string of the molecule is CCCCN(CCBr)Cc1ccccc1C. The summed E-state index contributed by atoms with van der Waals surface area (Å²) in [7, 11) is 0. The van der Waals surface area contributed by atoms with Gasteiger partial charge in [-0.05, 0) is 31.0 Å². The van der Waals surface area contributed by atoms with Gasteiger partial charge in [0, 0.05) is 18.4 Å². The van der Waals surface area contributed by atoms with E-state index in [9.17, 15) is 0 Å². The van der Waals surface area contributed by atoms with Gasteiger partial charge in [-0.25, -0.2) is 0 Å². The third-order valence-electron chi connectivity index (χ3n) is 2.88. The van der Waals surface area contributed by atoms with Gasteiger partial charge in [-0.15, -0.1) is 0 Å². The monoisotopic (exact) mass is 283 g/mol. The summed E-state index contributed by atoms with van der Waals surface area (Å²) < 4.78 is 0. The predicted molar refractivity (Wildman–Crippen MR) is 75.2 cm³/mol. The Kier molecular flexibility index (Phi) is 6.74. The Labute approximate surface area is 108 Å². The number of benzene rings is 1. The lowest BCUT2D eigenvalue weighted by molar-refractivity contribution is 0.278. The van der Waals surface area contributed by atoms with Gasteiger partial charge in [0.2, 0.25) is 0 Å². The highest BCUT2D eigenvalue weighted by Gasteiger charge is 2.06. The lowest BCUT2D eigenvalue weighted by Crippen LogP contribution is -2.26. The highest BCUT2D eigenvalue weighted by atomic mass is 79.9. The van der Waals surface area contributed by atoms with Crippen LogP contribution in [0.4, 0.5) is 0 Å². The van der Waals surface area contributed by atoms with Crippen molar-refractivity contribution in [1.82, 2.24) is 4.90 Å². The summed E-state index contributed by atoms with van der Waals surface area (Å²) in [5.41, 5.74) is 2.86. The maximum absolute atomic E-state index is 3.53. The summed E-state index contributed by atoms with van der Waals surface area (Å²) in [4.78, 5) is 2.53. The van der Waals surface area contributed by atoms with E-state index in [1.54, 1.807) is 0 Å². The first-order valence-electron chi connectivity index (χ1n) is 6.10. The van der Waals surface area contributed by atoms with Crippen molar-refractivity contribution in [3.8, 4) is 0 Å². The number of hydrogen-bond acceptors (Lipinski definition) is 1. The van der Waals surface area contributed by atoms with Crippen LogP contribution in [0.1, 0.15) is 30.9 Å². The molecule has 0 saturated carbocycles. The van der Waals surface area contributed by atoms with Crippen molar-refractivity contribution in [1.29, 1.82) is 0 Å². The van der Waals surface area contributed by atoms with Gasteiger partial charge in [0.15, 0.2) is 0 Å². The topological polar surface area (TPSA) is 3.24 Å². The molecule has 0 heterocycles. The molecular weight excluding hydrogens is 262 g/mol. The average molecular weight is 284 g/mol.